The summed E-state index contributed by atoms with van der Waals surface area (Å²) in [7, 11) is 0. The third-order valence-corrected chi connectivity index (χ3v) is 2.91. The molecule has 1 aromatic rings. The molecular weight excluding hydrogens is 250 g/mol. The fourth-order valence-corrected chi connectivity index (χ4v) is 1.93. The van der Waals surface area contributed by atoms with Crippen LogP contribution >= 0.6 is 0 Å². The average molecular weight is 263 g/mol. The Balaban J connectivity index is 2.08. The van der Waals surface area contributed by atoms with E-state index in [0.29, 0.717) is 0 Å². The number of rotatable bonds is 3. The van der Waals surface area contributed by atoms with E-state index in [-0.39, 0.29) is 18.7 Å². The molecule has 1 aromatic carbocycles. The number of nitrogens with one attached hydrogen (secondary N) is 1. The van der Waals surface area contributed by atoms with E-state index in [1.807, 2.05) is 0 Å². The second-order valence-electron chi connectivity index (χ2n) is 4.26. The largest absolute Gasteiger partial charge is 0.486 e. The fourth-order valence-electron chi connectivity index (χ4n) is 1.93. The number of halogens is 4. The molecule has 1 heterocycles. The Kier molecular flexibility index (Phi) is 4.06. The normalized spacial score (nSPS) is 19.9. The van der Waals surface area contributed by atoms with Gasteiger partial charge in [0.05, 0.1) is 0 Å². The Morgan fingerprint density at radius 3 is 2.33 bits per heavy atom. The van der Waals surface area contributed by atoms with Crippen molar-refractivity contribution in [3.63, 3.8) is 0 Å². The topological polar surface area (TPSA) is 21.3 Å². The summed E-state index contributed by atoms with van der Waals surface area (Å²) in [5.74, 6) is -6.89. The highest BCUT2D eigenvalue weighted by molar-refractivity contribution is 5.28. The van der Waals surface area contributed by atoms with Gasteiger partial charge < -0.3 is 10.1 Å². The molecule has 0 aliphatic carbocycles. The minimum absolute atomic E-state index is 0.0171. The molecule has 1 atom stereocenters. The molecular formula is C12H13F4NO. The zero-order valence-electron chi connectivity index (χ0n) is 9.61. The molecule has 100 valence electrons. The highest BCUT2D eigenvalue weighted by Gasteiger charge is 2.22. The van der Waals surface area contributed by atoms with Gasteiger partial charge >= 0.3 is 0 Å². The maximum atomic E-state index is 13.3. The van der Waals surface area contributed by atoms with Gasteiger partial charge in [0.15, 0.2) is 17.4 Å². The standard InChI is InChI=1S/C12H13F4NO/c13-8-5-9(14)11(16)12(10(8)15)18-6-7-3-1-2-4-17-7/h5,7,17H,1-4,6H2. The predicted molar refractivity (Wildman–Crippen MR) is 57.4 cm³/mol. The van der Waals surface area contributed by atoms with E-state index >= 15 is 0 Å². The Bertz CT molecular complexity index is 406. The van der Waals surface area contributed by atoms with Gasteiger partial charge in [0.25, 0.3) is 0 Å². The van der Waals surface area contributed by atoms with Crippen molar-refractivity contribution >= 4 is 0 Å². The van der Waals surface area contributed by atoms with Crippen LogP contribution in [-0.4, -0.2) is 19.2 Å². The lowest BCUT2D eigenvalue weighted by Gasteiger charge is -2.23. The minimum atomic E-state index is -1.50. The highest BCUT2D eigenvalue weighted by atomic mass is 19.2. The average Bonchev–Trinajstić information content (AvgIpc) is 2.38. The molecule has 2 rings (SSSR count). The molecule has 1 unspecified atom stereocenters. The second-order valence-corrected chi connectivity index (χ2v) is 4.26. The second kappa shape index (κ2) is 5.56. The van der Waals surface area contributed by atoms with Crippen LogP contribution in [0.2, 0.25) is 0 Å². The molecule has 1 fully saturated rings. The SMILES string of the molecule is Fc1cc(F)c(F)c(OCC2CCCCN2)c1F. The van der Waals surface area contributed by atoms with Gasteiger partial charge in [-0.3, -0.25) is 0 Å². The van der Waals surface area contributed by atoms with Crippen molar-refractivity contribution in [2.75, 3.05) is 13.2 Å². The van der Waals surface area contributed by atoms with E-state index < -0.39 is 29.0 Å². The maximum absolute atomic E-state index is 13.3. The Labute approximate surface area is 102 Å². The van der Waals surface area contributed by atoms with Gasteiger partial charge in [0, 0.05) is 12.1 Å². The van der Waals surface area contributed by atoms with Crippen LogP contribution in [-0.2, 0) is 0 Å². The molecule has 0 aromatic heterocycles. The molecule has 1 N–H and O–H groups in total. The first kappa shape index (κ1) is 13.1. The molecule has 0 bridgehead atoms. The van der Waals surface area contributed by atoms with E-state index in [9.17, 15) is 17.6 Å². The van der Waals surface area contributed by atoms with Crippen LogP contribution in [0.1, 0.15) is 19.3 Å². The summed E-state index contributed by atoms with van der Waals surface area (Å²) in [6.07, 6.45) is 2.83. The van der Waals surface area contributed by atoms with Gasteiger partial charge in [-0.1, -0.05) is 6.42 Å². The highest BCUT2D eigenvalue weighted by Crippen LogP contribution is 2.26. The van der Waals surface area contributed by atoms with Crippen LogP contribution in [0.3, 0.4) is 0 Å². The monoisotopic (exact) mass is 263 g/mol. The third kappa shape index (κ3) is 2.75. The first-order valence-corrected chi connectivity index (χ1v) is 5.78. The van der Waals surface area contributed by atoms with Crippen LogP contribution in [0.5, 0.6) is 5.75 Å². The summed E-state index contributed by atoms with van der Waals surface area (Å²) in [4.78, 5) is 0. The summed E-state index contributed by atoms with van der Waals surface area (Å²) in [6, 6.07) is 0.111. The Hall–Kier alpha value is -1.30. The lowest BCUT2D eigenvalue weighted by molar-refractivity contribution is 0.216. The van der Waals surface area contributed by atoms with Gasteiger partial charge in [-0.15, -0.1) is 0 Å². The first-order chi connectivity index (χ1) is 8.59. The van der Waals surface area contributed by atoms with Crippen molar-refractivity contribution in [3.8, 4) is 5.75 Å². The van der Waals surface area contributed by atoms with Crippen LogP contribution < -0.4 is 10.1 Å². The summed E-state index contributed by atoms with van der Waals surface area (Å²) < 4.78 is 57.2. The van der Waals surface area contributed by atoms with Crippen molar-refractivity contribution in [1.82, 2.24) is 5.32 Å². The summed E-state index contributed by atoms with van der Waals surface area (Å²) >= 11 is 0. The van der Waals surface area contributed by atoms with Crippen molar-refractivity contribution in [2.24, 2.45) is 0 Å². The molecule has 0 spiro atoms. The van der Waals surface area contributed by atoms with E-state index in [4.69, 9.17) is 4.74 Å². The summed E-state index contributed by atoms with van der Waals surface area (Å²) in [6.45, 7) is 0.785. The van der Waals surface area contributed by atoms with Gasteiger partial charge in [-0.25, -0.2) is 8.78 Å². The zero-order valence-corrected chi connectivity index (χ0v) is 9.61. The lowest BCUT2D eigenvalue weighted by atomic mass is 10.1. The number of hydrogen-bond acceptors (Lipinski definition) is 2. The number of ether oxygens (including phenoxy) is 1. The quantitative estimate of drug-likeness (QED) is 0.669. The van der Waals surface area contributed by atoms with Crippen LogP contribution in [0, 0.1) is 23.3 Å². The number of hydrogen-bond donors (Lipinski definition) is 1. The smallest absolute Gasteiger partial charge is 0.203 e. The van der Waals surface area contributed by atoms with Crippen LogP contribution in [0.15, 0.2) is 6.07 Å². The lowest BCUT2D eigenvalue weighted by Crippen LogP contribution is -2.38. The Morgan fingerprint density at radius 1 is 1.11 bits per heavy atom. The summed E-state index contributed by atoms with van der Waals surface area (Å²) in [5, 5.41) is 3.10. The maximum Gasteiger partial charge on any atom is 0.203 e. The van der Waals surface area contributed by atoms with E-state index in [1.54, 1.807) is 0 Å². The van der Waals surface area contributed by atoms with Gasteiger partial charge in [0.2, 0.25) is 11.6 Å². The van der Waals surface area contributed by atoms with Crippen LogP contribution in [0.25, 0.3) is 0 Å². The molecule has 6 heteroatoms. The third-order valence-electron chi connectivity index (χ3n) is 2.91. The molecule has 0 radical (unpaired) electrons. The molecule has 1 saturated heterocycles. The van der Waals surface area contributed by atoms with Gasteiger partial charge in [0.1, 0.15) is 6.61 Å². The first-order valence-electron chi connectivity index (χ1n) is 5.78. The Morgan fingerprint density at radius 2 is 1.78 bits per heavy atom. The molecule has 0 amide bonds. The number of benzene rings is 1. The molecule has 0 saturated carbocycles. The van der Waals surface area contributed by atoms with Crippen molar-refractivity contribution < 1.29 is 22.3 Å². The fraction of sp³-hybridized carbons (Fsp3) is 0.500. The zero-order chi connectivity index (χ0) is 13.1. The molecule has 18 heavy (non-hydrogen) atoms. The van der Waals surface area contributed by atoms with Crippen molar-refractivity contribution in [2.45, 2.75) is 25.3 Å². The molecule has 1 aliphatic rings. The van der Waals surface area contributed by atoms with E-state index in [0.717, 1.165) is 25.8 Å². The van der Waals surface area contributed by atoms with Crippen molar-refractivity contribution in [3.05, 3.63) is 29.3 Å². The number of piperidine rings is 1. The molecule has 2 nitrogen and oxygen atoms in total. The van der Waals surface area contributed by atoms with Crippen LogP contribution in [0.4, 0.5) is 17.6 Å². The van der Waals surface area contributed by atoms with E-state index in [1.165, 1.54) is 0 Å². The summed E-state index contributed by atoms with van der Waals surface area (Å²) in [5.41, 5.74) is 0. The predicted octanol–water partition coefficient (Wildman–Crippen LogP) is 2.76. The van der Waals surface area contributed by atoms with Gasteiger partial charge in [-0.2, -0.15) is 8.78 Å². The minimum Gasteiger partial charge on any atom is -0.486 e. The molecule has 1 aliphatic heterocycles. The van der Waals surface area contributed by atoms with Gasteiger partial charge in [-0.05, 0) is 19.4 Å². The van der Waals surface area contributed by atoms with E-state index in [2.05, 4.69) is 5.32 Å². The van der Waals surface area contributed by atoms with Crippen molar-refractivity contribution in [1.29, 1.82) is 0 Å².